The Labute approximate surface area is 101 Å². The Morgan fingerprint density at radius 1 is 1.47 bits per heavy atom. The second-order valence-electron chi connectivity index (χ2n) is 4.68. The van der Waals surface area contributed by atoms with Crippen molar-refractivity contribution in [3.05, 3.63) is 35.6 Å². The number of hydrogen-bond acceptors (Lipinski definition) is 3. The number of nitrogens with zero attached hydrogens (tertiary/aromatic N) is 2. The monoisotopic (exact) mass is 235 g/mol. The molecule has 17 heavy (non-hydrogen) atoms. The normalized spacial score (nSPS) is 23.9. The predicted octanol–water partition coefficient (Wildman–Crippen LogP) is 1.78. The summed E-state index contributed by atoms with van der Waals surface area (Å²) < 4.78 is 13.7. The molecular formula is C13H18FN3. The average molecular weight is 235 g/mol. The minimum absolute atomic E-state index is 0.157. The first-order chi connectivity index (χ1) is 8.07. The summed E-state index contributed by atoms with van der Waals surface area (Å²) in [6, 6.07) is 6.88. The van der Waals surface area contributed by atoms with Gasteiger partial charge in [-0.05, 0) is 25.5 Å². The molecule has 0 amide bonds. The van der Waals surface area contributed by atoms with Crippen LogP contribution in [0.3, 0.4) is 0 Å². The fourth-order valence-corrected chi connectivity index (χ4v) is 2.45. The molecule has 0 fully saturated rings. The summed E-state index contributed by atoms with van der Waals surface area (Å²) in [5.74, 6) is 0.404. The van der Waals surface area contributed by atoms with Gasteiger partial charge in [0.1, 0.15) is 5.82 Å². The molecular weight excluding hydrogens is 217 g/mol. The van der Waals surface area contributed by atoms with Crippen molar-refractivity contribution >= 4 is 5.96 Å². The van der Waals surface area contributed by atoms with Gasteiger partial charge in [0.2, 0.25) is 0 Å². The molecule has 1 aromatic rings. The molecule has 2 N–H and O–H groups in total. The molecule has 1 atom stereocenters. The van der Waals surface area contributed by atoms with Gasteiger partial charge in [0.15, 0.2) is 5.96 Å². The Kier molecular flexibility index (Phi) is 3.05. The minimum atomic E-state index is -0.207. The highest BCUT2D eigenvalue weighted by molar-refractivity contribution is 5.81. The van der Waals surface area contributed by atoms with Gasteiger partial charge < -0.3 is 10.6 Å². The average Bonchev–Trinajstić information content (AvgIpc) is 2.58. The SMILES string of the molecule is CCN1C(N)=NCC1(C)Cc1ccccc1F. The third-order valence-corrected chi connectivity index (χ3v) is 3.36. The third-order valence-electron chi connectivity index (χ3n) is 3.36. The second kappa shape index (κ2) is 4.35. The maximum absolute atomic E-state index is 13.7. The van der Waals surface area contributed by atoms with Gasteiger partial charge in [0.05, 0.1) is 12.1 Å². The van der Waals surface area contributed by atoms with Gasteiger partial charge in [0, 0.05) is 13.0 Å². The van der Waals surface area contributed by atoms with Crippen molar-refractivity contribution in [3.63, 3.8) is 0 Å². The first-order valence-corrected chi connectivity index (χ1v) is 5.88. The molecule has 2 rings (SSSR count). The molecule has 4 heteroatoms. The smallest absolute Gasteiger partial charge is 0.191 e. The molecule has 0 aromatic heterocycles. The highest BCUT2D eigenvalue weighted by Gasteiger charge is 2.37. The van der Waals surface area contributed by atoms with Gasteiger partial charge in [-0.25, -0.2) is 4.39 Å². The van der Waals surface area contributed by atoms with E-state index in [0.717, 1.165) is 12.1 Å². The molecule has 1 unspecified atom stereocenters. The lowest BCUT2D eigenvalue weighted by Gasteiger charge is -2.35. The highest BCUT2D eigenvalue weighted by Crippen LogP contribution is 2.26. The van der Waals surface area contributed by atoms with Crippen LogP contribution in [0, 0.1) is 5.82 Å². The van der Waals surface area contributed by atoms with Crippen molar-refractivity contribution < 1.29 is 4.39 Å². The van der Waals surface area contributed by atoms with Crippen LogP contribution in [0.2, 0.25) is 0 Å². The Bertz CT molecular complexity index is 444. The molecule has 0 saturated carbocycles. The van der Waals surface area contributed by atoms with Gasteiger partial charge in [-0.2, -0.15) is 0 Å². The number of rotatable bonds is 3. The second-order valence-corrected chi connectivity index (χ2v) is 4.68. The van der Waals surface area contributed by atoms with Crippen LogP contribution in [-0.2, 0) is 6.42 Å². The van der Waals surface area contributed by atoms with Crippen LogP contribution in [0.1, 0.15) is 19.4 Å². The lowest BCUT2D eigenvalue weighted by Crippen LogP contribution is -2.50. The summed E-state index contributed by atoms with van der Waals surface area (Å²) >= 11 is 0. The van der Waals surface area contributed by atoms with Crippen molar-refractivity contribution in [3.8, 4) is 0 Å². The van der Waals surface area contributed by atoms with Gasteiger partial charge in [-0.1, -0.05) is 18.2 Å². The van der Waals surface area contributed by atoms with E-state index in [2.05, 4.69) is 11.9 Å². The van der Waals surface area contributed by atoms with Gasteiger partial charge in [-0.3, -0.25) is 4.99 Å². The summed E-state index contributed by atoms with van der Waals surface area (Å²) in [4.78, 5) is 6.31. The van der Waals surface area contributed by atoms with Crippen molar-refractivity contribution in [2.24, 2.45) is 10.7 Å². The van der Waals surface area contributed by atoms with Gasteiger partial charge >= 0.3 is 0 Å². The lowest BCUT2D eigenvalue weighted by molar-refractivity contribution is 0.228. The van der Waals surface area contributed by atoms with E-state index in [1.54, 1.807) is 6.07 Å². The molecule has 1 aliphatic heterocycles. The fraction of sp³-hybridized carbons (Fsp3) is 0.462. The number of likely N-dealkylation sites (N-methyl/N-ethyl adjacent to an activating group) is 1. The van der Waals surface area contributed by atoms with Crippen LogP contribution < -0.4 is 5.73 Å². The molecule has 0 saturated heterocycles. The van der Waals surface area contributed by atoms with Crippen molar-refractivity contribution in [2.75, 3.05) is 13.1 Å². The van der Waals surface area contributed by atoms with E-state index in [9.17, 15) is 4.39 Å². The molecule has 1 heterocycles. The number of guanidine groups is 1. The summed E-state index contributed by atoms with van der Waals surface area (Å²) in [5, 5.41) is 0. The van der Waals surface area contributed by atoms with Crippen molar-refractivity contribution in [2.45, 2.75) is 25.8 Å². The molecule has 0 aliphatic carbocycles. The van der Waals surface area contributed by atoms with Crippen LogP contribution in [0.5, 0.6) is 0 Å². The van der Waals surface area contributed by atoms with E-state index in [-0.39, 0.29) is 11.4 Å². The zero-order valence-corrected chi connectivity index (χ0v) is 10.3. The highest BCUT2D eigenvalue weighted by atomic mass is 19.1. The number of benzene rings is 1. The zero-order valence-electron chi connectivity index (χ0n) is 10.3. The Morgan fingerprint density at radius 2 is 2.18 bits per heavy atom. The third kappa shape index (κ3) is 2.12. The van der Waals surface area contributed by atoms with Crippen LogP contribution in [0.25, 0.3) is 0 Å². The molecule has 3 nitrogen and oxygen atoms in total. The van der Waals surface area contributed by atoms with Crippen molar-refractivity contribution in [1.82, 2.24) is 4.90 Å². The topological polar surface area (TPSA) is 41.6 Å². The quantitative estimate of drug-likeness (QED) is 0.867. The lowest BCUT2D eigenvalue weighted by atomic mass is 9.91. The summed E-state index contributed by atoms with van der Waals surface area (Å²) in [7, 11) is 0. The van der Waals surface area contributed by atoms with Crippen LogP contribution >= 0.6 is 0 Å². The largest absolute Gasteiger partial charge is 0.370 e. The van der Waals surface area contributed by atoms with E-state index >= 15 is 0 Å². The predicted molar refractivity (Wildman–Crippen MR) is 67.4 cm³/mol. The number of aliphatic imine (C=N–C) groups is 1. The van der Waals surface area contributed by atoms with Crippen LogP contribution in [0.15, 0.2) is 29.3 Å². The first-order valence-electron chi connectivity index (χ1n) is 5.88. The van der Waals surface area contributed by atoms with E-state index < -0.39 is 0 Å². The molecule has 92 valence electrons. The summed E-state index contributed by atoms with van der Waals surface area (Å²) in [6.07, 6.45) is 0.623. The number of hydrogen-bond donors (Lipinski definition) is 1. The zero-order chi connectivity index (χ0) is 12.5. The van der Waals surface area contributed by atoms with E-state index in [0.29, 0.717) is 18.9 Å². The molecule has 1 aromatic carbocycles. The summed E-state index contributed by atoms with van der Waals surface area (Å²) in [5.41, 5.74) is 6.35. The Balaban J connectivity index is 2.22. The summed E-state index contributed by atoms with van der Waals surface area (Å²) in [6.45, 7) is 5.53. The fourth-order valence-electron chi connectivity index (χ4n) is 2.45. The standard InChI is InChI=1S/C13H18FN3/c1-3-17-12(15)16-9-13(17,2)8-10-6-4-5-7-11(10)14/h4-7H,3,8-9H2,1-2H3,(H2,15,16). The van der Waals surface area contributed by atoms with E-state index in [1.807, 2.05) is 24.0 Å². The van der Waals surface area contributed by atoms with Crippen LogP contribution in [0.4, 0.5) is 4.39 Å². The van der Waals surface area contributed by atoms with E-state index in [1.165, 1.54) is 6.07 Å². The maximum Gasteiger partial charge on any atom is 0.191 e. The van der Waals surface area contributed by atoms with E-state index in [4.69, 9.17) is 5.73 Å². The molecule has 0 radical (unpaired) electrons. The Morgan fingerprint density at radius 3 is 2.82 bits per heavy atom. The maximum atomic E-state index is 13.7. The molecule has 0 spiro atoms. The number of nitrogens with two attached hydrogens (primary N) is 1. The Hall–Kier alpha value is -1.58. The van der Waals surface area contributed by atoms with Crippen molar-refractivity contribution in [1.29, 1.82) is 0 Å². The van der Waals surface area contributed by atoms with Crippen LogP contribution in [-0.4, -0.2) is 29.5 Å². The van der Waals surface area contributed by atoms with Gasteiger partial charge in [0.25, 0.3) is 0 Å². The molecule has 0 bridgehead atoms. The minimum Gasteiger partial charge on any atom is -0.370 e. The number of halogens is 1. The first kappa shape index (κ1) is 11.9. The van der Waals surface area contributed by atoms with Gasteiger partial charge in [-0.15, -0.1) is 0 Å². The molecule has 1 aliphatic rings.